The maximum atomic E-state index is 12.7. The van der Waals surface area contributed by atoms with Crippen LogP contribution >= 0.6 is 0 Å². The van der Waals surface area contributed by atoms with Gasteiger partial charge in [0.1, 0.15) is 5.75 Å². The Morgan fingerprint density at radius 2 is 1.17 bits per heavy atom. The fraction of sp³-hybridized carbons (Fsp3) is 0.500. The minimum absolute atomic E-state index is 0.0199. The van der Waals surface area contributed by atoms with Crippen LogP contribution in [0.1, 0.15) is 18.1 Å². The minimum Gasteiger partial charge on any atom is -0.508 e. The number of rotatable bonds is 2. The Bertz CT molecular complexity index is 600. The first-order chi connectivity index (χ1) is 10.4. The van der Waals surface area contributed by atoms with Crippen molar-refractivity contribution in [1.82, 2.24) is 0 Å². The molecule has 138 valence electrons. The first kappa shape index (κ1) is 20.4. The van der Waals surface area contributed by atoms with Gasteiger partial charge in [-0.1, -0.05) is 6.07 Å². The predicted octanol–water partition coefficient (Wildman–Crippen LogP) is 3.47. The van der Waals surface area contributed by atoms with E-state index in [0.717, 1.165) is 0 Å². The first-order valence-electron chi connectivity index (χ1n) is 5.86. The van der Waals surface area contributed by atoms with Gasteiger partial charge in [0.05, 0.1) is 0 Å². The number of hydrogen-bond acceptors (Lipinski definition) is 3. The van der Waals surface area contributed by atoms with Crippen LogP contribution in [0.15, 0.2) is 18.2 Å². The van der Waals surface area contributed by atoms with Gasteiger partial charge in [-0.05, 0) is 19.1 Å². The normalized spacial score (nSPS) is 16.8. The highest BCUT2D eigenvalue weighted by atomic mass is 19.4. The van der Waals surface area contributed by atoms with Gasteiger partial charge >= 0.3 is 18.5 Å². The molecule has 0 aromatic heterocycles. The zero-order valence-electron chi connectivity index (χ0n) is 11.5. The standard InChI is InChI=1S/C12H9F9O3/c1-8(23,10(13,14)15)6-4-5(2-3-7(6)22)9(24,11(16,17)18)12(19,20)21/h2-4,22-24H,1H3. The molecule has 0 radical (unpaired) electrons. The van der Waals surface area contributed by atoms with Crippen LogP contribution in [0.25, 0.3) is 0 Å². The average Bonchev–Trinajstić information content (AvgIpc) is 2.34. The van der Waals surface area contributed by atoms with Gasteiger partial charge in [-0.25, -0.2) is 0 Å². The summed E-state index contributed by atoms with van der Waals surface area (Å²) in [6, 6.07) is -0.372. The number of aromatic hydroxyl groups is 1. The summed E-state index contributed by atoms with van der Waals surface area (Å²) in [5.41, 5.74) is -13.2. The van der Waals surface area contributed by atoms with Crippen molar-refractivity contribution >= 4 is 0 Å². The number of alkyl halides is 9. The van der Waals surface area contributed by atoms with Crippen LogP contribution in [-0.4, -0.2) is 33.8 Å². The smallest absolute Gasteiger partial charge is 0.430 e. The van der Waals surface area contributed by atoms with Crippen LogP contribution in [0, 0.1) is 0 Å². The van der Waals surface area contributed by atoms with Crippen molar-refractivity contribution in [2.75, 3.05) is 0 Å². The highest BCUT2D eigenvalue weighted by molar-refractivity contribution is 5.43. The fourth-order valence-electron chi connectivity index (χ4n) is 1.79. The van der Waals surface area contributed by atoms with Gasteiger partial charge < -0.3 is 15.3 Å². The number of phenolic OH excluding ortho intramolecular Hbond substituents is 1. The van der Waals surface area contributed by atoms with Crippen molar-refractivity contribution in [3.05, 3.63) is 29.3 Å². The molecule has 0 aliphatic carbocycles. The molecule has 24 heavy (non-hydrogen) atoms. The number of halogens is 9. The molecule has 1 aromatic carbocycles. The van der Waals surface area contributed by atoms with Gasteiger partial charge in [0.15, 0.2) is 5.60 Å². The summed E-state index contributed by atoms with van der Waals surface area (Å²) in [7, 11) is 0. The van der Waals surface area contributed by atoms with Gasteiger partial charge in [-0.2, -0.15) is 39.5 Å². The Balaban J connectivity index is 3.73. The molecule has 0 saturated heterocycles. The highest BCUT2D eigenvalue weighted by Crippen LogP contribution is 2.52. The second-order valence-electron chi connectivity index (χ2n) is 5.01. The SMILES string of the molecule is CC(O)(c1cc(C(O)(C(F)(F)F)C(F)(F)F)ccc1O)C(F)(F)F. The highest BCUT2D eigenvalue weighted by Gasteiger charge is 2.71. The lowest BCUT2D eigenvalue weighted by Crippen LogP contribution is -2.54. The van der Waals surface area contributed by atoms with Crippen LogP contribution in [0.4, 0.5) is 39.5 Å². The molecular formula is C12H9F9O3. The van der Waals surface area contributed by atoms with Crippen LogP contribution in [0.3, 0.4) is 0 Å². The summed E-state index contributed by atoms with van der Waals surface area (Å²) in [6.07, 6.45) is -18.2. The molecule has 1 atom stereocenters. The Morgan fingerprint density at radius 3 is 1.50 bits per heavy atom. The second-order valence-corrected chi connectivity index (χ2v) is 5.01. The number of aliphatic hydroxyl groups is 2. The van der Waals surface area contributed by atoms with E-state index in [2.05, 4.69) is 0 Å². The van der Waals surface area contributed by atoms with Gasteiger partial charge in [0.2, 0.25) is 0 Å². The van der Waals surface area contributed by atoms with Gasteiger partial charge in [-0.3, -0.25) is 0 Å². The van der Waals surface area contributed by atoms with E-state index >= 15 is 0 Å². The molecule has 3 N–H and O–H groups in total. The van der Waals surface area contributed by atoms with E-state index in [4.69, 9.17) is 5.11 Å². The van der Waals surface area contributed by atoms with Crippen LogP contribution in [0.5, 0.6) is 5.75 Å². The monoisotopic (exact) mass is 372 g/mol. The van der Waals surface area contributed by atoms with Crippen LogP contribution in [0.2, 0.25) is 0 Å². The average molecular weight is 372 g/mol. The molecule has 3 nitrogen and oxygen atoms in total. The van der Waals surface area contributed by atoms with Crippen molar-refractivity contribution < 1.29 is 54.8 Å². The minimum atomic E-state index is -6.33. The lowest BCUT2D eigenvalue weighted by Gasteiger charge is -2.34. The molecular weight excluding hydrogens is 363 g/mol. The van der Waals surface area contributed by atoms with E-state index in [9.17, 15) is 49.7 Å². The second kappa shape index (κ2) is 5.41. The van der Waals surface area contributed by atoms with Crippen molar-refractivity contribution in [3.63, 3.8) is 0 Å². The number of hydrogen-bond donors (Lipinski definition) is 3. The molecule has 0 fully saturated rings. The molecule has 1 aromatic rings. The molecule has 0 saturated carbocycles. The van der Waals surface area contributed by atoms with Crippen LogP contribution in [-0.2, 0) is 11.2 Å². The predicted molar refractivity (Wildman–Crippen MR) is 59.7 cm³/mol. The molecule has 0 spiro atoms. The summed E-state index contributed by atoms with van der Waals surface area (Å²) in [5, 5.41) is 27.8. The van der Waals surface area contributed by atoms with Crippen molar-refractivity contribution in [2.45, 2.75) is 36.7 Å². The Morgan fingerprint density at radius 1 is 0.750 bits per heavy atom. The summed E-state index contributed by atoms with van der Waals surface area (Å²) in [4.78, 5) is 0. The summed E-state index contributed by atoms with van der Waals surface area (Å²) in [6.45, 7) is 0.0199. The van der Waals surface area contributed by atoms with Gasteiger partial charge in [-0.15, -0.1) is 0 Å². The molecule has 0 bridgehead atoms. The van der Waals surface area contributed by atoms with Crippen molar-refractivity contribution in [1.29, 1.82) is 0 Å². The summed E-state index contributed by atoms with van der Waals surface area (Å²) >= 11 is 0. The Kier molecular flexibility index (Phi) is 4.59. The van der Waals surface area contributed by atoms with Gasteiger partial charge in [0.25, 0.3) is 5.60 Å². The number of benzene rings is 1. The van der Waals surface area contributed by atoms with Crippen molar-refractivity contribution in [2.24, 2.45) is 0 Å². The van der Waals surface area contributed by atoms with Crippen LogP contribution < -0.4 is 0 Å². The molecule has 0 heterocycles. The van der Waals surface area contributed by atoms with E-state index in [-0.39, 0.29) is 19.1 Å². The molecule has 0 aliphatic rings. The zero-order valence-corrected chi connectivity index (χ0v) is 11.5. The van der Waals surface area contributed by atoms with E-state index in [1.807, 2.05) is 0 Å². The fourth-order valence-corrected chi connectivity index (χ4v) is 1.79. The molecule has 1 unspecified atom stereocenters. The molecule has 12 heteroatoms. The largest absolute Gasteiger partial charge is 0.508 e. The van der Waals surface area contributed by atoms with E-state index < -0.39 is 52.7 Å². The molecule has 0 aliphatic heterocycles. The third kappa shape index (κ3) is 2.99. The Hall–Kier alpha value is -1.69. The quantitative estimate of drug-likeness (QED) is 0.697. The van der Waals surface area contributed by atoms with E-state index in [1.165, 1.54) is 0 Å². The van der Waals surface area contributed by atoms with Crippen molar-refractivity contribution in [3.8, 4) is 5.75 Å². The lowest BCUT2D eigenvalue weighted by molar-refractivity contribution is -0.376. The van der Waals surface area contributed by atoms with Gasteiger partial charge in [0, 0.05) is 11.1 Å². The summed E-state index contributed by atoms with van der Waals surface area (Å²) < 4.78 is 115. The zero-order chi connectivity index (χ0) is 19.4. The topological polar surface area (TPSA) is 60.7 Å². The maximum Gasteiger partial charge on any atom is 0.430 e. The maximum absolute atomic E-state index is 12.7. The van der Waals surface area contributed by atoms with E-state index in [0.29, 0.717) is 0 Å². The van der Waals surface area contributed by atoms with E-state index in [1.54, 1.807) is 0 Å². The summed E-state index contributed by atoms with van der Waals surface area (Å²) in [5.74, 6) is -1.41. The number of phenols is 1. The Labute approximate surface area is 127 Å². The third-order valence-corrected chi connectivity index (χ3v) is 3.31. The molecule has 0 amide bonds. The lowest BCUT2D eigenvalue weighted by atomic mass is 9.86. The molecule has 1 rings (SSSR count). The third-order valence-electron chi connectivity index (χ3n) is 3.31. The first-order valence-corrected chi connectivity index (χ1v) is 5.86.